The van der Waals surface area contributed by atoms with E-state index in [4.69, 9.17) is 4.74 Å². The molecule has 2 aliphatic carbocycles. The third kappa shape index (κ3) is 3.06. The number of piperidine rings is 1. The second kappa shape index (κ2) is 5.71. The molecule has 0 aromatic carbocycles. The zero-order valence-corrected chi connectivity index (χ0v) is 14.0. The lowest BCUT2D eigenvalue weighted by atomic mass is 9.71. The molecule has 1 aliphatic heterocycles. The van der Waals surface area contributed by atoms with Crippen LogP contribution in [-0.4, -0.2) is 35.0 Å². The van der Waals surface area contributed by atoms with Gasteiger partial charge in [-0.3, -0.25) is 4.79 Å². The lowest BCUT2D eigenvalue weighted by Crippen LogP contribution is -2.52. The van der Waals surface area contributed by atoms with Crippen LogP contribution in [-0.2, 0) is 9.53 Å². The molecule has 4 heteroatoms. The number of hydrogen-bond acceptors (Lipinski definition) is 3. The molecule has 1 saturated heterocycles. The molecule has 0 saturated carbocycles. The number of ether oxygens (including phenoxy) is 1. The molecule has 0 aromatic heterocycles. The summed E-state index contributed by atoms with van der Waals surface area (Å²) in [5, 5.41) is 0. The van der Waals surface area contributed by atoms with E-state index in [1.807, 2.05) is 25.7 Å². The Bertz CT molecular complexity index is 515. The van der Waals surface area contributed by atoms with Gasteiger partial charge < -0.3 is 9.64 Å². The van der Waals surface area contributed by atoms with Gasteiger partial charge in [-0.05, 0) is 70.8 Å². The standard InChI is InChI=1S/C18H27NO3/c1-18(2,3)22-17(21)19-9-5-7-13-10-14-12(11-15(13)19)6-4-8-16(14)20/h13,15H,4-11H2,1-3H3/t13-,15-/m1/s1. The summed E-state index contributed by atoms with van der Waals surface area (Å²) in [7, 11) is 0. The molecule has 1 fully saturated rings. The first-order valence-corrected chi connectivity index (χ1v) is 8.59. The summed E-state index contributed by atoms with van der Waals surface area (Å²) in [6.07, 6.45) is 6.42. The SMILES string of the molecule is CC(C)(C)OC(=O)N1CCC[C@@H]2CC3=C(CCCC3=O)C[C@H]21. The zero-order chi connectivity index (χ0) is 15.9. The van der Waals surface area contributed by atoms with Crippen LogP contribution in [0.4, 0.5) is 4.79 Å². The Morgan fingerprint density at radius 3 is 2.68 bits per heavy atom. The minimum Gasteiger partial charge on any atom is -0.444 e. The van der Waals surface area contributed by atoms with Gasteiger partial charge in [0.1, 0.15) is 5.60 Å². The van der Waals surface area contributed by atoms with Crippen molar-refractivity contribution < 1.29 is 14.3 Å². The number of amides is 1. The number of fused-ring (bicyclic) bond motifs is 1. The predicted molar refractivity (Wildman–Crippen MR) is 84.6 cm³/mol. The van der Waals surface area contributed by atoms with Gasteiger partial charge >= 0.3 is 6.09 Å². The quantitative estimate of drug-likeness (QED) is 0.683. The Balaban J connectivity index is 1.79. The molecule has 4 nitrogen and oxygen atoms in total. The molecule has 3 rings (SSSR count). The summed E-state index contributed by atoms with van der Waals surface area (Å²) in [4.78, 5) is 26.6. The Morgan fingerprint density at radius 1 is 1.18 bits per heavy atom. The summed E-state index contributed by atoms with van der Waals surface area (Å²) < 4.78 is 5.59. The monoisotopic (exact) mass is 305 g/mol. The van der Waals surface area contributed by atoms with Crippen molar-refractivity contribution in [2.24, 2.45) is 5.92 Å². The number of hydrogen-bond donors (Lipinski definition) is 0. The highest BCUT2D eigenvalue weighted by atomic mass is 16.6. The first kappa shape index (κ1) is 15.6. The topological polar surface area (TPSA) is 46.6 Å². The number of ketones is 1. The second-order valence-electron chi connectivity index (χ2n) is 7.91. The Morgan fingerprint density at radius 2 is 1.95 bits per heavy atom. The molecule has 122 valence electrons. The van der Waals surface area contributed by atoms with Crippen LogP contribution in [0.5, 0.6) is 0 Å². The van der Waals surface area contributed by atoms with Crippen LogP contribution in [0.25, 0.3) is 0 Å². The van der Waals surface area contributed by atoms with E-state index in [1.54, 1.807) is 0 Å². The predicted octanol–water partition coefficient (Wildman–Crippen LogP) is 3.85. The first-order valence-electron chi connectivity index (χ1n) is 8.59. The van der Waals surface area contributed by atoms with Gasteiger partial charge in [-0.25, -0.2) is 4.79 Å². The molecule has 0 radical (unpaired) electrons. The van der Waals surface area contributed by atoms with E-state index in [0.29, 0.717) is 18.1 Å². The fourth-order valence-corrected chi connectivity index (χ4v) is 4.16. The van der Waals surface area contributed by atoms with Gasteiger partial charge in [0, 0.05) is 19.0 Å². The van der Waals surface area contributed by atoms with E-state index in [9.17, 15) is 9.59 Å². The molecule has 2 atom stereocenters. The van der Waals surface area contributed by atoms with Crippen LogP contribution in [0.15, 0.2) is 11.1 Å². The van der Waals surface area contributed by atoms with E-state index in [-0.39, 0.29) is 12.1 Å². The molecule has 1 amide bonds. The number of allylic oxidation sites excluding steroid dienone is 1. The highest BCUT2D eigenvalue weighted by molar-refractivity contribution is 5.97. The average molecular weight is 305 g/mol. The largest absolute Gasteiger partial charge is 0.444 e. The second-order valence-corrected chi connectivity index (χ2v) is 7.91. The molecule has 0 N–H and O–H groups in total. The van der Waals surface area contributed by atoms with Crippen molar-refractivity contribution in [3.63, 3.8) is 0 Å². The summed E-state index contributed by atoms with van der Waals surface area (Å²) in [6.45, 7) is 6.52. The van der Waals surface area contributed by atoms with Crippen molar-refractivity contribution >= 4 is 11.9 Å². The maximum Gasteiger partial charge on any atom is 0.410 e. The molecule has 1 heterocycles. The third-order valence-electron chi connectivity index (χ3n) is 5.11. The lowest BCUT2D eigenvalue weighted by molar-refractivity contribution is -0.116. The molecule has 0 spiro atoms. The maximum absolute atomic E-state index is 12.5. The minimum absolute atomic E-state index is 0.187. The van der Waals surface area contributed by atoms with Crippen LogP contribution in [0.1, 0.15) is 65.7 Å². The number of carbonyl (C=O) groups excluding carboxylic acids is 2. The number of rotatable bonds is 0. The maximum atomic E-state index is 12.5. The zero-order valence-electron chi connectivity index (χ0n) is 14.0. The Kier molecular flexibility index (Phi) is 4.04. The fourth-order valence-electron chi connectivity index (χ4n) is 4.16. The van der Waals surface area contributed by atoms with Gasteiger partial charge in [-0.15, -0.1) is 0 Å². The number of nitrogens with zero attached hydrogens (tertiary/aromatic N) is 1. The molecular weight excluding hydrogens is 278 g/mol. The summed E-state index contributed by atoms with van der Waals surface area (Å²) in [6, 6.07) is 0.230. The van der Waals surface area contributed by atoms with Gasteiger partial charge in [0.05, 0.1) is 0 Å². The van der Waals surface area contributed by atoms with Crippen molar-refractivity contribution in [3.05, 3.63) is 11.1 Å². The van der Waals surface area contributed by atoms with E-state index >= 15 is 0 Å². The van der Waals surface area contributed by atoms with Crippen LogP contribution in [0.2, 0.25) is 0 Å². The number of carbonyl (C=O) groups is 2. The highest BCUT2D eigenvalue weighted by Crippen LogP contribution is 2.42. The van der Waals surface area contributed by atoms with Gasteiger partial charge in [0.25, 0.3) is 0 Å². The molecule has 0 bridgehead atoms. The summed E-state index contributed by atoms with van der Waals surface area (Å²) in [5.74, 6) is 0.788. The van der Waals surface area contributed by atoms with E-state index < -0.39 is 5.60 Å². The van der Waals surface area contributed by atoms with E-state index in [2.05, 4.69) is 0 Å². The van der Waals surface area contributed by atoms with Crippen LogP contribution in [0.3, 0.4) is 0 Å². The van der Waals surface area contributed by atoms with Crippen molar-refractivity contribution in [2.75, 3.05) is 6.54 Å². The van der Waals surface area contributed by atoms with Gasteiger partial charge in [0.2, 0.25) is 0 Å². The van der Waals surface area contributed by atoms with Gasteiger partial charge in [0.15, 0.2) is 5.78 Å². The highest BCUT2D eigenvalue weighted by Gasteiger charge is 2.41. The Labute approximate surface area is 132 Å². The van der Waals surface area contributed by atoms with Crippen LogP contribution < -0.4 is 0 Å². The number of Topliss-reactive ketones (excluding diaryl/α,β-unsaturated/α-hetero) is 1. The number of likely N-dealkylation sites (tertiary alicyclic amines) is 1. The summed E-state index contributed by atoms with van der Waals surface area (Å²) >= 11 is 0. The van der Waals surface area contributed by atoms with Crippen LogP contribution in [0, 0.1) is 5.92 Å². The molecule has 3 aliphatic rings. The van der Waals surface area contributed by atoms with E-state index in [0.717, 1.165) is 50.6 Å². The van der Waals surface area contributed by atoms with Crippen molar-refractivity contribution in [1.82, 2.24) is 4.90 Å². The Hall–Kier alpha value is -1.32. The molecule has 0 aromatic rings. The first-order chi connectivity index (χ1) is 10.3. The third-order valence-corrected chi connectivity index (χ3v) is 5.11. The van der Waals surface area contributed by atoms with Crippen molar-refractivity contribution in [1.29, 1.82) is 0 Å². The minimum atomic E-state index is -0.454. The molecule has 0 unspecified atom stereocenters. The molecule has 22 heavy (non-hydrogen) atoms. The van der Waals surface area contributed by atoms with E-state index in [1.165, 1.54) is 5.57 Å². The lowest BCUT2D eigenvalue weighted by Gasteiger charge is -2.45. The van der Waals surface area contributed by atoms with Crippen molar-refractivity contribution in [2.45, 2.75) is 77.4 Å². The molecular formula is C18H27NO3. The normalized spacial score (nSPS) is 29.0. The van der Waals surface area contributed by atoms with Crippen LogP contribution >= 0.6 is 0 Å². The smallest absolute Gasteiger partial charge is 0.410 e. The van der Waals surface area contributed by atoms with Gasteiger partial charge in [-0.2, -0.15) is 0 Å². The van der Waals surface area contributed by atoms with Gasteiger partial charge in [-0.1, -0.05) is 5.57 Å². The average Bonchev–Trinajstić information content (AvgIpc) is 2.43. The summed E-state index contributed by atoms with van der Waals surface area (Å²) in [5.41, 5.74) is 1.95. The fraction of sp³-hybridized carbons (Fsp3) is 0.778. The van der Waals surface area contributed by atoms with Crippen molar-refractivity contribution in [3.8, 4) is 0 Å².